The molecule has 29 heavy (non-hydrogen) atoms. The highest BCUT2D eigenvalue weighted by Gasteiger charge is 2.56. The van der Waals surface area contributed by atoms with Gasteiger partial charge in [-0.3, -0.25) is 0 Å². The first-order valence-corrected chi connectivity index (χ1v) is 12.5. The number of hydrogen-bond donors (Lipinski definition) is 2. The molecule has 1 aromatic rings. The molecule has 0 atom stereocenters. The lowest BCUT2D eigenvalue weighted by molar-refractivity contribution is -0.0101. The minimum absolute atomic E-state index is 0.188. The Bertz CT molecular complexity index is 742. The smallest absolute Gasteiger partial charge is 0.123 e. The first kappa shape index (κ1) is 17.5. The highest BCUT2D eigenvalue weighted by atomic mass is 16.3. The van der Waals surface area contributed by atoms with Crippen molar-refractivity contribution < 1.29 is 10.2 Å². The fraction of sp³-hybridized carbons (Fsp3) is 0.778. The van der Waals surface area contributed by atoms with Crippen molar-refractivity contribution >= 4 is 0 Å². The molecule has 8 saturated carbocycles. The number of aromatic hydroxyl groups is 2. The van der Waals surface area contributed by atoms with Gasteiger partial charge in [-0.1, -0.05) is 0 Å². The maximum Gasteiger partial charge on any atom is 0.123 e. The van der Waals surface area contributed by atoms with Gasteiger partial charge in [-0.25, -0.2) is 0 Å². The lowest BCUT2D eigenvalue weighted by Crippen LogP contribution is -2.50. The molecule has 8 fully saturated rings. The second-order valence-corrected chi connectivity index (χ2v) is 12.7. The van der Waals surface area contributed by atoms with E-state index >= 15 is 0 Å². The SMILES string of the molecule is Cc1c(C23CC4CC(CC(C4)C2)C3)c(O)cc(O)c1C12CC3CC(CC(C3)C1)C2. The van der Waals surface area contributed by atoms with E-state index in [1.54, 1.807) is 6.07 Å². The summed E-state index contributed by atoms with van der Waals surface area (Å²) in [6.45, 7) is 2.27. The molecule has 8 bridgehead atoms. The van der Waals surface area contributed by atoms with Crippen LogP contribution in [0.25, 0.3) is 0 Å². The van der Waals surface area contributed by atoms with Gasteiger partial charge < -0.3 is 10.2 Å². The zero-order chi connectivity index (χ0) is 19.5. The van der Waals surface area contributed by atoms with Crippen molar-refractivity contribution in [2.75, 3.05) is 0 Å². The minimum atomic E-state index is 0.188. The standard InChI is InChI=1S/C27H36O2/c1-15-24(26-9-16-2-17(10-26)4-18(3-16)11-26)22(28)8-23(29)25(15)27-12-19-5-20(13-27)7-21(6-19)14-27/h8,16-21,28-29H,2-7,9-14H2,1H3. The summed E-state index contributed by atoms with van der Waals surface area (Å²) in [5.41, 5.74) is 4.19. The van der Waals surface area contributed by atoms with Crippen LogP contribution in [0.15, 0.2) is 6.07 Å². The summed E-state index contributed by atoms with van der Waals surface area (Å²) in [5, 5.41) is 22.4. The van der Waals surface area contributed by atoms with Crippen LogP contribution in [0.3, 0.4) is 0 Å². The van der Waals surface area contributed by atoms with E-state index in [9.17, 15) is 10.2 Å². The van der Waals surface area contributed by atoms with E-state index in [4.69, 9.17) is 0 Å². The highest BCUT2D eigenvalue weighted by Crippen LogP contribution is 2.66. The number of phenolic OH excluding ortho intramolecular Hbond substituents is 2. The molecule has 9 rings (SSSR count). The van der Waals surface area contributed by atoms with Crippen LogP contribution in [0.2, 0.25) is 0 Å². The van der Waals surface area contributed by atoms with Gasteiger partial charge in [0.1, 0.15) is 11.5 Å². The molecular formula is C27H36O2. The maximum atomic E-state index is 11.2. The predicted octanol–water partition coefficient (Wildman–Crippen LogP) is 6.34. The van der Waals surface area contributed by atoms with Gasteiger partial charge in [-0.15, -0.1) is 0 Å². The van der Waals surface area contributed by atoms with E-state index in [1.165, 1.54) is 93.7 Å². The van der Waals surface area contributed by atoms with Crippen molar-refractivity contribution in [2.45, 2.75) is 94.8 Å². The molecule has 2 nitrogen and oxygen atoms in total. The Morgan fingerprint density at radius 3 is 1.14 bits per heavy atom. The molecule has 0 unspecified atom stereocenters. The van der Waals surface area contributed by atoms with Gasteiger partial charge in [-0.05, 0) is 125 Å². The molecule has 0 aromatic heterocycles. The Morgan fingerprint density at radius 2 is 0.862 bits per heavy atom. The quantitative estimate of drug-likeness (QED) is 0.616. The van der Waals surface area contributed by atoms with Crippen LogP contribution >= 0.6 is 0 Å². The van der Waals surface area contributed by atoms with Gasteiger partial charge in [-0.2, -0.15) is 0 Å². The van der Waals surface area contributed by atoms with Crippen LogP contribution in [-0.2, 0) is 10.8 Å². The van der Waals surface area contributed by atoms with Crippen LogP contribution in [0.5, 0.6) is 11.5 Å². The number of benzene rings is 1. The van der Waals surface area contributed by atoms with Gasteiger partial charge in [0.25, 0.3) is 0 Å². The van der Waals surface area contributed by atoms with Crippen LogP contribution in [-0.4, -0.2) is 10.2 Å². The first-order valence-electron chi connectivity index (χ1n) is 12.5. The molecule has 0 spiro atoms. The van der Waals surface area contributed by atoms with Crippen LogP contribution < -0.4 is 0 Å². The van der Waals surface area contributed by atoms with Crippen molar-refractivity contribution in [3.8, 4) is 11.5 Å². The van der Waals surface area contributed by atoms with Crippen molar-refractivity contribution in [3.05, 3.63) is 22.8 Å². The Hall–Kier alpha value is -1.18. The molecular weight excluding hydrogens is 356 g/mol. The molecule has 2 heteroatoms. The van der Waals surface area contributed by atoms with Gasteiger partial charge >= 0.3 is 0 Å². The second kappa shape index (κ2) is 5.54. The Kier molecular flexibility index (Phi) is 3.34. The second-order valence-electron chi connectivity index (χ2n) is 12.7. The van der Waals surface area contributed by atoms with Gasteiger partial charge in [0.15, 0.2) is 0 Å². The summed E-state index contributed by atoms with van der Waals surface area (Å²) in [4.78, 5) is 0. The van der Waals surface area contributed by atoms with Crippen molar-refractivity contribution in [1.82, 2.24) is 0 Å². The lowest BCUT2D eigenvalue weighted by Gasteiger charge is -2.59. The molecule has 8 aliphatic carbocycles. The first-order chi connectivity index (χ1) is 13.9. The maximum absolute atomic E-state index is 11.2. The fourth-order valence-electron chi connectivity index (χ4n) is 11.0. The average molecular weight is 393 g/mol. The van der Waals surface area contributed by atoms with Crippen molar-refractivity contribution in [3.63, 3.8) is 0 Å². The van der Waals surface area contributed by atoms with E-state index < -0.39 is 0 Å². The van der Waals surface area contributed by atoms with Crippen LogP contribution in [0, 0.1) is 42.4 Å². The summed E-state index contributed by atoms with van der Waals surface area (Å²) in [7, 11) is 0. The van der Waals surface area contributed by atoms with E-state index in [-0.39, 0.29) is 10.8 Å². The molecule has 1 aromatic carbocycles. The highest BCUT2D eigenvalue weighted by molar-refractivity contribution is 5.58. The normalized spacial score (nSPS) is 49.1. The van der Waals surface area contributed by atoms with Crippen LogP contribution in [0.4, 0.5) is 0 Å². The van der Waals surface area contributed by atoms with Gasteiger partial charge in [0.05, 0.1) is 0 Å². The Labute approximate surface area is 175 Å². The third kappa shape index (κ3) is 2.30. The lowest BCUT2D eigenvalue weighted by atomic mass is 9.45. The Balaban J connectivity index is 1.39. The largest absolute Gasteiger partial charge is 0.507 e. The predicted molar refractivity (Wildman–Crippen MR) is 114 cm³/mol. The number of rotatable bonds is 2. The summed E-state index contributed by atoms with van der Waals surface area (Å²) in [6, 6.07) is 1.76. The Morgan fingerprint density at radius 1 is 0.586 bits per heavy atom. The molecule has 0 radical (unpaired) electrons. The summed E-state index contributed by atoms with van der Waals surface area (Å²) < 4.78 is 0. The molecule has 0 saturated heterocycles. The molecule has 156 valence electrons. The van der Waals surface area contributed by atoms with E-state index in [0.29, 0.717) is 11.5 Å². The molecule has 0 aliphatic heterocycles. The van der Waals surface area contributed by atoms with Gasteiger partial charge in [0, 0.05) is 28.0 Å². The van der Waals surface area contributed by atoms with E-state index in [0.717, 1.165) is 35.5 Å². The number of hydrogen-bond acceptors (Lipinski definition) is 2. The third-order valence-electron chi connectivity index (χ3n) is 10.7. The molecule has 2 N–H and O–H groups in total. The summed E-state index contributed by atoms with van der Waals surface area (Å²) >= 11 is 0. The fourth-order valence-corrected chi connectivity index (χ4v) is 11.0. The topological polar surface area (TPSA) is 40.5 Å². The van der Waals surface area contributed by atoms with Crippen molar-refractivity contribution in [2.24, 2.45) is 35.5 Å². The number of phenols is 2. The zero-order valence-electron chi connectivity index (χ0n) is 17.9. The third-order valence-corrected chi connectivity index (χ3v) is 10.7. The monoisotopic (exact) mass is 392 g/mol. The zero-order valence-corrected chi connectivity index (χ0v) is 17.9. The van der Waals surface area contributed by atoms with Gasteiger partial charge in [0.2, 0.25) is 0 Å². The van der Waals surface area contributed by atoms with E-state index in [2.05, 4.69) is 6.92 Å². The molecule has 0 amide bonds. The molecule has 0 heterocycles. The summed E-state index contributed by atoms with van der Waals surface area (Å²) in [5.74, 6) is 6.03. The average Bonchev–Trinajstić information content (AvgIpc) is 2.58. The van der Waals surface area contributed by atoms with E-state index in [1.807, 2.05) is 0 Å². The van der Waals surface area contributed by atoms with Crippen molar-refractivity contribution in [1.29, 1.82) is 0 Å². The van der Waals surface area contributed by atoms with Crippen LogP contribution in [0.1, 0.15) is 93.7 Å². The summed E-state index contributed by atoms with van der Waals surface area (Å²) in [6.07, 6.45) is 16.2. The molecule has 8 aliphatic rings. The minimum Gasteiger partial charge on any atom is -0.507 e.